The van der Waals surface area contributed by atoms with Gasteiger partial charge in [0.1, 0.15) is 12.1 Å². The van der Waals surface area contributed by atoms with Crippen LogP contribution in [0.5, 0.6) is 0 Å². The van der Waals surface area contributed by atoms with E-state index in [1.807, 2.05) is 18.5 Å². The molecule has 0 bridgehead atoms. The Hall–Kier alpha value is -2.40. The Labute approximate surface area is 198 Å². The highest BCUT2D eigenvalue weighted by Gasteiger charge is 2.58. The number of likely N-dealkylation sites (tertiary alicyclic amines) is 1. The van der Waals surface area contributed by atoms with E-state index < -0.39 is 17.6 Å². The molecule has 1 aliphatic carbocycles. The number of hydrogen-bond acceptors (Lipinski definition) is 6. The zero-order chi connectivity index (χ0) is 24.1. The number of thioether (sulfide) groups is 1. The third-order valence-electron chi connectivity index (χ3n) is 6.85. The number of aryl methyl sites for hydroxylation is 1. The van der Waals surface area contributed by atoms with Crippen molar-refractivity contribution in [1.29, 1.82) is 0 Å². The Morgan fingerprint density at radius 1 is 1.26 bits per heavy atom. The fourth-order valence-corrected chi connectivity index (χ4v) is 5.77. The molecule has 1 aliphatic heterocycles. The molecule has 2 fully saturated rings. The number of oxazole rings is 1. The molecule has 3 heterocycles. The molecule has 1 saturated heterocycles. The molecule has 6 nitrogen and oxygen atoms in total. The highest BCUT2D eigenvalue weighted by atomic mass is 32.2. The summed E-state index contributed by atoms with van der Waals surface area (Å²) in [6, 6.07) is 2.95. The summed E-state index contributed by atoms with van der Waals surface area (Å²) in [7, 11) is 1.88. The fourth-order valence-electron chi connectivity index (χ4n) is 4.93. The molecule has 1 aromatic carbocycles. The first-order chi connectivity index (χ1) is 16.2. The Kier molecular flexibility index (Phi) is 5.96. The average molecular weight is 496 g/mol. The van der Waals surface area contributed by atoms with Gasteiger partial charge in [-0.3, -0.25) is 0 Å². The van der Waals surface area contributed by atoms with Crippen LogP contribution in [0.4, 0.5) is 17.6 Å². The minimum Gasteiger partial charge on any atom is -0.442 e. The van der Waals surface area contributed by atoms with E-state index in [1.165, 1.54) is 6.07 Å². The van der Waals surface area contributed by atoms with Gasteiger partial charge in [-0.1, -0.05) is 17.8 Å². The van der Waals surface area contributed by atoms with Crippen LogP contribution in [0.25, 0.3) is 11.7 Å². The Bertz CT molecular complexity index is 1190. The summed E-state index contributed by atoms with van der Waals surface area (Å²) >= 11 is 1.62. The van der Waals surface area contributed by atoms with Crippen LogP contribution >= 0.6 is 11.8 Å². The molecular formula is C23H25F4N5OS. The van der Waals surface area contributed by atoms with Gasteiger partial charge in [0.05, 0.1) is 11.3 Å². The van der Waals surface area contributed by atoms with E-state index in [-0.39, 0.29) is 11.3 Å². The maximum Gasteiger partial charge on any atom is 0.416 e. The summed E-state index contributed by atoms with van der Waals surface area (Å²) in [5.74, 6) is 1.17. The van der Waals surface area contributed by atoms with Crippen LogP contribution in [0.1, 0.15) is 42.0 Å². The van der Waals surface area contributed by atoms with Gasteiger partial charge in [0, 0.05) is 19.3 Å². The molecule has 2 aliphatic rings. The van der Waals surface area contributed by atoms with Crippen LogP contribution < -0.4 is 0 Å². The smallest absolute Gasteiger partial charge is 0.416 e. The first-order valence-electron chi connectivity index (χ1n) is 11.2. The van der Waals surface area contributed by atoms with Crippen molar-refractivity contribution in [2.45, 2.75) is 43.4 Å². The molecule has 0 radical (unpaired) electrons. The number of rotatable bonds is 7. The lowest BCUT2D eigenvalue weighted by atomic mass is 9.97. The quantitative estimate of drug-likeness (QED) is 0.252. The van der Waals surface area contributed by atoms with Crippen LogP contribution in [-0.4, -0.2) is 50.0 Å². The molecule has 0 unspecified atom stereocenters. The van der Waals surface area contributed by atoms with Gasteiger partial charge in [0.15, 0.2) is 5.16 Å². The van der Waals surface area contributed by atoms with Crippen LogP contribution in [0.15, 0.2) is 34.0 Å². The highest BCUT2D eigenvalue weighted by Crippen LogP contribution is 2.64. The van der Waals surface area contributed by atoms with Gasteiger partial charge in [-0.2, -0.15) is 13.2 Å². The van der Waals surface area contributed by atoms with Crippen molar-refractivity contribution in [2.75, 3.05) is 25.4 Å². The first-order valence-corrected chi connectivity index (χ1v) is 12.2. The van der Waals surface area contributed by atoms with E-state index in [1.54, 1.807) is 18.0 Å². The number of aromatic nitrogens is 4. The van der Waals surface area contributed by atoms with Gasteiger partial charge in [0.2, 0.25) is 5.82 Å². The van der Waals surface area contributed by atoms with Crippen molar-refractivity contribution < 1.29 is 22.0 Å². The van der Waals surface area contributed by atoms with E-state index >= 15 is 0 Å². The maximum absolute atomic E-state index is 14.4. The zero-order valence-corrected chi connectivity index (χ0v) is 19.7. The van der Waals surface area contributed by atoms with Gasteiger partial charge in [0.25, 0.3) is 5.89 Å². The molecule has 1 spiro atoms. The molecular weight excluding hydrogens is 470 g/mol. The zero-order valence-electron chi connectivity index (χ0n) is 18.9. The molecule has 34 heavy (non-hydrogen) atoms. The number of alkyl halides is 3. The molecule has 3 aromatic rings. The largest absolute Gasteiger partial charge is 0.442 e. The van der Waals surface area contributed by atoms with Gasteiger partial charge in [-0.05, 0) is 68.3 Å². The third-order valence-corrected chi connectivity index (χ3v) is 7.96. The van der Waals surface area contributed by atoms with Crippen molar-refractivity contribution in [3.05, 3.63) is 47.1 Å². The van der Waals surface area contributed by atoms with Crippen LogP contribution in [0.2, 0.25) is 0 Å². The number of halogens is 4. The molecule has 11 heteroatoms. The van der Waals surface area contributed by atoms with Gasteiger partial charge in [-0.25, -0.2) is 9.37 Å². The standard InChI is InChI=1S/C23H25F4N5OS/c1-14-12-33-20(28-14)19-29-30-21(31(19)2)34-9-3-7-32-8-6-22(13-32)11-17(22)16-5-4-15(10-18(16)24)23(25,26)27/h4-5,10,12,17H,3,6-9,11,13H2,1-2H3/t17-,22+/m1/s1. The lowest BCUT2D eigenvalue weighted by Crippen LogP contribution is -2.23. The third kappa shape index (κ3) is 4.47. The summed E-state index contributed by atoms with van der Waals surface area (Å²) in [6.07, 6.45) is -0.198. The number of benzene rings is 1. The second kappa shape index (κ2) is 8.67. The van der Waals surface area contributed by atoms with E-state index in [9.17, 15) is 17.6 Å². The van der Waals surface area contributed by atoms with Crippen LogP contribution in [0.3, 0.4) is 0 Å². The molecule has 1 saturated carbocycles. The first kappa shape index (κ1) is 23.3. The van der Waals surface area contributed by atoms with Crippen molar-refractivity contribution in [1.82, 2.24) is 24.6 Å². The monoisotopic (exact) mass is 495 g/mol. The molecule has 2 aromatic heterocycles. The molecule has 182 valence electrons. The Morgan fingerprint density at radius 3 is 2.79 bits per heavy atom. The SMILES string of the molecule is Cc1coc(-c2nnc(SCCCN3CC[C@]4(C[C@@H]4c4ccc(C(F)(F)F)cc4F)C3)n2C)n1. The molecule has 2 atom stereocenters. The van der Waals surface area contributed by atoms with E-state index in [4.69, 9.17) is 4.42 Å². The number of hydrogen-bond donors (Lipinski definition) is 0. The van der Waals surface area contributed by atoms with Crippen molar-refractivity contribution in [3.8, 4) is 11.7 Å². The molecule has 0 amide bonds. The Morgan fingerprint density at radius 2 is 2.09 bits per heavy atom. The van der Waals surface area contributed by atoms with Crippen molar-refractivity contribution in [3.63, 3.8) is 0 Å². The van der Waals surface area contributed by atoms with Crippen molar-refractivity contribution >= 4 is 11.8 Å². The van der Waals surface area contributed by atoms with Gasteiger partial charge < -0.3 is 13.9 Å². The second-order valence-corrected chi connectivity index (χ2v) is 10.3. The molecule has 0 N–H and O–H groups in total. The van der Waals surface area contributed by atoms with Gasteiger partial charge in [-0.15, -0.1) is 10.2 Å². The summed E-state index contributed by atoms with van der Waals surface area (Å²) in [5.41, 5.74) is 0.277. The normalized spacial score (nSPS) is 22.7. The van der Waals surface area contributed by atoms with E-state index in [0.717, 1.165) is 61.6 Å². The summed E-state index contributed by atoms with van der Waals surface area (Å²) in [5, 5.41) is 9.21. The topological polar surface area (TPSA) is 60.0 Å². The number of nitrogens with zero attached hydrogens (tertiary/aromatic N) is 5. The summed E-state index contributed by atoms with van der Waals surface area (Å²) in [6.45, 7) is 4.56. The van der Waals surface area contributed by atoms with Crippen molar-refractivity contribution in [2.24, 2.45) is 12.5 Å². The summed E-state index contributed by atoms with van der Waals surface area (Å²) in [4.78, 5) is 6.67. The highest BCUT2D eigenvalue weighted by molar-refractivity contribution is 7.99. The minimum absolute atomic E-state index is 0.000396. The predicted molar refractivity (Wildman–Crippen MR) is 119 cm³/mol. The van der Waals surface area contributed by atoms with Gasteiger partial charge >= 0.3 is 6.18 Å². The minimum atomic E-state index is -4.52. The summed E-state index contributed by atoms with van der Waals surface area (Å²) < 4.78 is 60.2. The Balaban J connectivity index is 1.11. The lowest BCUT2D eigenvalue weighted by molar-refractivity contribution is -0.137. The molecule has 5 rings (SSSR count). The maximum atomic E-state index is 14.4. The second-order valence-electron chi connectivity index (χ2n) is 9.24. The van der Waals surface area contributed by atoms with E-state index in [2.05, 4.69) is 20.1 Å². The predicted octanol–water partition coefficient (Wildman–Crippen LogP) is 5.30. The van der Waals surface area contributed by atoms with E-state index in [0.29, 0.717) is 23.3 Å². The fraction of sp³-hybridized carbons (Fsp3) is 0.522. The average Bonchev–Trinajstić information content (AvgIpc) is 3.08. The lowest BCUT2D eigenvalue weighted by Gasteiger charge is -2.16. The van der Waals surface area contributed by atoms with Crippen LogP contribution in [0, 0.1) is 18.2 Å². The van der Waals surface area contributed by atoms with Crippen LogP contribution in [-0.2, 0) is 13.2 Å².